The van der Waals surface area contributed by atoms with Crippen molar-refractivity contribution in [3.8, 4) is 0 Å². The molecule has 0 unspecified atom stereocenters. The van der Waals surface area contributed by atoms with E-state index in [1.54, 1.807) is 0 Å². The summed E-state index contributed by atoms with van der Waals surface area (Å²) < 4.78 is 0. The van der Waals surface area contributed by atoms with Gasteiger partial charge in [0.1, 0.15) is 0 Å². The first-order valence-electron chi connectivity index (χ1n) is 3.85. The molecule has 0 radical (unpaired) electrons. The quantitative estimate of drug-likeness (QED) is 0.437. The molecule has 0 fully saturated rings. The molecule has 0 atom stereocenters. The van der Waals surface area contributed by atoms with Gasteiger partial charge < -0.3 is 1.43 Å². The van der Waals surface area contributed by atoms with Crippen LogP contribution in [0.3, 0.4) is 0 Å². The summed E-state index contributed by atoms with van der Waals surface area (Å²) in [6, 6.07) is 13.6. The van der Waals surface area contributed by atoms with Gasteiger partial charge in [-0.25, -0.2) is 0 Å². The molecule has 13 heavy (non-hydrogen) atoms. The first-order valence-corrected chi connectivity index (χ1v) is 3.85. The molecule has 0 N–H and O–H groups in total. The molecule has 0 spiro atoms. The summed E-state index contributed by atoms with van der Waals surface area (Å²) in [5, 5.41) is 2.14. The van der Waals surface area contributed by atoms with Crippen molar-refractivity contribution >= 4 is 17.1 Å². The third kappa shape index (κ3) is 1.99. The minimum absolute atomic E-state index is 0. The van der Waals surface area contributed by atoms with Crippen molar-refractivity contribution < 1.29 is 35.8 Å². The van der Waals surface area contributed by atoms with Crippen molar-refractivity contribution in [2.24, 2.45) is 0 Å². The van der Waals surface area contributed by atoms with Crippen LogP contribution < -0.4 is 29.6 Å². The van der Waals surface area contributed by atoms with E-state index < -0.39 is 0 Å². The molecule has 0 bridgehead atoms. The molecule has 2 rings (SSSR count). The van der Waals surface area contributed by atoms with E-state index in [4.69, 9.17) is 0 Å². The van der Waals surface area contributed by atoms with Crippen LogP contribution in [0.1, 0.15) is 11.8 Å². The van der Waals surface area contributed by atoms with Gasteiger partial charge in [-0.05, 0) is 10.8 Å². The smallest absolute Gasteiger partial charge is 1.00 e. The van der Waals surface area contributed by atoms with Crippen LogP contribution in [0.5, 0.6) is 0 Å². The summed E-state index contributed by atoms with van der Waals surface area (Å²) in [7, 11) is 0. The Bertz CT molecular complexity index is 423. The SMILES string of the molecule is O=Cc1cccc2ccccc12.[H-].[Na+]. The van der Waals surface area contributed by atoms with Gasteiger partial charge in [0.25, 0.3) is 0 Å². The second-order valence-corrected chi connectivity index (χ2v) is 2.69. The van der Waals surface area contributed by atoms with Crippen molar-refractivity contribution in [1.29, 1.82) is 0 Å². The molecule has 0 aliphatic rings. The summed E-state index contributed by atoms with van der Waals surface area (Å²) in [6.07, 6.45) is 0.891. The standard InChI is InChI=1S/C11H8O.Na.H/c12-8-10-6-3-5-9-4-1-2-7-11(9)10;;/h1-8H;;/q;+1;-1. The predicted octanol–water partition coefficient (Wildman–Crippen LogP) is -0.231. The van der Waals surface area contributed by atoms with E-state index in [1.165, 1.54) is 0 Å². The fourth-order valence-electron chi connectivity index (χ4n) is 1.35. The Labute approximate surface area is 101 Å². The maximum absolute atomic E-state index is 10.6. The fourth-order valence-corrected chi connectivity index (χ4v) is 1.35. The fraction of sp³-hybridized carbons (Fsp3) is 0. The Balaban J connectivity index is 0.000000845. The first kappa shape index (κ1) is 10.5. The third-order valence-electron chi connectivity index (χ3n) is 1.95. The summed E-state index contributed by atoms with van der Waals surface area (Å²) >= 11 is 0. The van der Waals surface area contributed by atoms with Gasteiger partial charge in [0.05, 0.1) is 0 Å². The summed E-state index contributed by atoms with van der Waals surface area (Å²) in [5.74, 6) is 0. The van der Waals surface area contributed by atoms with Gasteiger partial charge >= 0.3 is 29.6 Å². The van der Waals surface area contributed by atoms with Gasteiger partial charge in [-0.3, -0.25) is 4.79 Å². The topological polar surface area (TPSA) is 17.1 Å². The Kier molecular flexibility index (Phi) is 3.67. The molecule has 0 amide bonds. The molecule has 0 saturated heterocycles. The average Bonchev–Trinajstić information content (AvgIpc) is 2.17. The van der Waals surface area contributed by atoms with Gasteiger partial charge in [-0.2, -0.15) is 0 Å². The zero-order valence-electron chi connectivity index (χ0n) is 8.53. The molecule has 60 valence electrons. The van der Waals surface area contributed by atoms with Crippen LogP contribution >= 0.6 is 0 Å². The van der Waals surface area contributed by atoms with E-state index in [9.17, 15) is 4.79 Å². The molecule has 0 heterocycles. The monoisotopic (exact) mass is 180 g/mol. The van der Waals surface area contributed by atoms with Crippen molar-refractivity contribution in [3.05, 3.63) is 48.0 Å². The molecule has 0 aromatic heterocycles. The van der Waals surface area contributed by atoms with Crippen LogP contribution in [-0.2, 0) is 0 Å². The minimum Gasteiger partial charge on any atom is -1.00 e. The molecule has 2 aromatic rings. The number of carbonyl (C=O) groups excluding carboxylic acids is 1. The molecule has 0 aliphatic heterocycles. The van der Waals surface area contributed by atoms with E-state index >= 15 is 0 Å². The predicted molar refractivity (Wildman–Crippen MR) is 50.4 cm³/mol. The number of hydrogen-bond acceptors (Lipinski definition) is 1. The van der Waals surface area contributed by atoms with Crippen LogP contribution in [0.4, 0.5) is 0 Å². The molecule has 2 heteroatoms. The second kappa shape index (κ2) is 4.56. The number of fused-ring (bicyclic) bond motifs is 1. The summed E-state index contributed by atoms with van der Waals surface area (Å²) in [6.45, 7) is 0. The molecule has 2 aromatic carbocycles. The van der Waals surface area contributed by atoms with Gasteiger partial charge in [0.15, 0.2) is 6.29 Å². The average molecular weight is 180 g/mol. The number of aldehydes is 1. The van der Waals surface area contributed by atoms with Crippen molar-refractivity contribution in [2.45, 2.75) is 0 Å². The van der Waals surface area contributed by atoms with E-state index in [1.807, 2.05) is 42.5 Å². The van der Waals surface area contributed by atoms with Crippen LogP contribution in [0, 0.1) is 0 Å². The Hall–Kier alpha value is -0.630. The zero-order chi connectivity index (χ0) is 8.39. The van der Waals surface area contributed by atoms with E-state index in [0.717, 1.165) is 22.6 Å². The van der Waals surface area contributed by atoms with Crippen LogP contribution in [0.2, 0.25) is 0 Å². The van der Waals surface area contributed by atoms with Gasteiger partial charge in [-0.1, -0.05) is 42.5 Å². The Morgan fingerprint density at radius 2 is 1.69 bits per heavy atom. The molecule has 0 saturated carbocycles. The Morgan fingerprint density at radius 3 is 2.46 bits per heavy atom. The molecular weight excluding hydrogens is 171 g/mol. The maximum atomic E-state index is 10.6. The third-order valence-corrected chi connectivity index (χ3v) is 1.95. The molecule has 0 aliphatic carbocycles. The van der Waals surface area contributed by atoms with Crippen LogP contribution in [0.15, 0.2) is 42.5 Å². The zero-order valence-corrected chi connectivity index (χ0v) is 9.53. The number of carbonyl (C=O) groups is 1. The van der Waals surface area contributed by atoms with Gasteiger partial charge in [-0.15, -0.1) is 0 Å². The van der Waals surface area contributed by atoms with E-state index in [0.29, 0.717) is 0 Å². The number of benzene rings is 2. The number of hydrogen-bond donors (Lipinski definition) is 0. The largest absolute Gasteiger partial charge is 1.00 e. The minimum atomic E-state index is 0. The molecule has 1 nitrogen and oxygen atoms in total. The van der Waals surface area contributed by atoms with E-state index in [2.05, 4.69) is 0 Å². The number of rotatable bonds is 1. The molecular formula is C11H9NaO. The van der Waals surface area contributed by atoms with Crippen LogP contribution in [0.25, 0.3) is 10.8 Å². The first-order chi connectivity index (χ1) is 5.92. The normalized spacial score (nSPS) is 9.23. The second-order valence-electron chi connectivity index (χ2n) is 2.69. The van der Waals surface area contributed by atoms with Crippen molar-refractivity contribution in [1.82, 2.24) is 0 Å². The van der Waals surface area contributed by atoms with E-state index in [-0.39, 0.29) is 31.0 Å². The maximum Gasteiger partial charge on any atom is 1.00 e. The van der Waals surface area contributed by atoms with Crippen molar-refractivity contribution in [3.63, 3.8) is 0 Å². The summed E-state index contributed by atoms with van der Waals surface area (Å²) in [4.78, 5) is 10.6. The van der Waals surface area contributed by atoms with Crippen LogP contribution in [-0.4, -0.2) is 6.29 Å². The Morgan fingerprint density at radius 1 is 1.00 bits per heavy atom. The summed E-state index contributed by atoms with van der Waals surface area (Å²) in [5.41, 5.74) is 0.758. The van der Waals surface area contributed by atoms with Gasteiger partial charge in [0, 0.05) is 5.56 Å². The van der Waals surface area contributed by atoms with Crippen molar-refractivity contribution in [2.75, 3.05) is 0 Å². The van der Waals surface area contributed by atoms with Gasteiger partial charge in [0.2, 0.25) is 0 Å².